The van der Waals surface area contributed by atoms with E-state index in [1.165, 1.54) is 15.6 Å². The molecule has 1 N–H and O–H groups in total. The highest BCUT2D eigenvalue weighted by Gasteiger charge is 2.27. The van der Waals surface area contributed by atoms with Crippen LogP contribution in [0.1, 0.15) is 23.4 Å². The minimum absolute atomic E-state index is 0.0678. The second kappa shape index (κ2) is 9.04. The highest BCUT2D eigenvalue weighted by Crippen LogP contribution is 2.26. The molecule has 0 spiro atoms. The summed E-state index contributed by atoms with van der Waals surface area (Å²) in [5, 5.41) is 2.86. The molecule has 1 atom stereocenters. The van der Waals surface area contributed by atoms with Crippen molar-refractivity contribution in [3.05, 3.63) is 52.9 Å². The Hall–Kier alpha value is -1.94. The van der Waals surface area contributed by atoms with Crippen molar-refractivity contribution in [3.63, 3.8) is 0 Å². The maximum Gasteiger partial charge on any atom is 0.317 e. The lowest BCUT2D eigenvalue weighted by Gasteiger charge is -2.25. The van der Waals surface area contributed by atoms with E-state index in [0.717, 1.165) is 10.4 Å². The molecule has 0 aliphatic carbocycles. The summed E-state index contributed by atoms with van der Waals surface area (Å²) in [6, 6.07) is 12.9. The monoisotopic (exact) mass is 423 g/mol. The third-order valence-electron chi connectivity index (χ3n) is 4.80. The third kappa shape index (κ3) is 4.72. The van der Waals surface area contributed by atoms with E-state index in [2.05, 4.69) is 5.32 Å². The van der Waals surface area contributed by atoms with Gasteiger partial charge in [0.05, 0.1) is 25.8 Å². The SMILES string of the molecule is C[C@H](c1ccccc1)N(C)C(=O)NCc1ccc(S(=O)(=O)N2CCOCC2)s1. The van der Waals surface area contributed by atoms with Crippen molar-refractivity contribution in [2.45, 2.75) is 23.7 Å². The first-order valence-corrected chi connectivity index (χ1v) is 11.4. The van der Waals surface area contributed by atoms with Gasteiger partial charge in [0.15, 0.2) is 0 Å². The smallest absolute Gasteiger partial charge is 0.317 e. The summed E-state index contributed by atoms with van der Waals surface area (Å²) in [6.07, 6.45) is 0. The second-order valence-corrected chi connectivity index (χ2v) is 9.93. The van der Waals surface area contributed by atoms with Crippen molar-refractivity contribution in [2.75, 3.05) is 33.4 Å². The molecule has 0 saturated carbocycles. The summed E-state index contributed by atoms with van der Waals surface area (Å²) < 4.78 is 32.3. The van der Waals surface area contributed by atoms with Crippen molar-refractivity contribution in [1.82, 2.24) is 14.5 Å². The van der Waals surface area contributed by atoms with Crippen molar-refractivity contribution < 1.29 is 17.9 Å². The summed E-state index contributed by atoms with van der Waals surface area (Å²) in [5.74, 6) is 0. The molecule has 28 heavy (non-hydrogen) atoms. The van der Waals surface area contributed by atoms with Crippen LogP contribution in [0.15, 0.2) is 46.7 Å². The highest BCUT2D eigenvalue weighted by molar-refractivity contribution is 7.91. The molecule has 1 saturated heterocycles. The predicted octanol–water partition coefficient (Wildman–Crippen LogP) is 2.67. The van der Waals surface area contributed by atoms with Gasteiger partial charge < -0.3 is 15.0 Å². The summed E-state index contributed by atoms with van der Waals surface area (Å²) in [7, 11) is -1.75. The molecule has 7 nitrogen and oxygen atoms in total. The van der Waals surface area contributed by atoms with Crippen LogP contribution >= 0.6 is 11.3 Å². The lowest BCUT2D eigenvalue weighted by molar-refractivity contribution is 0.0731. The van der Waals surface area contributed by atoms with Gasteiger partial charge in [-0.3, -0.25) is 0 Å². The molecule has 0 unspecified atom stereocenters. The lowest BCUT2D eigenvalue weighted by atomic mass is 10.1. The zero-order chi connectivity index (χ0) is 20.1. The number of carbonyl (C=O) groups is 1. The van der Waals surface area contributed by atoms with Crippen molar-refractivity contribution in [3.8, 4) is 0 Å². The molecule has 1 aromatic heterocycles. The fraction of sp³-hybridized carbons (Fsp3) is 0.421. The standard InChI is InChI=1S/C19H25N3O4S2/c1-15(16-6-4-3-5-7-16)21(2)19(23)20-14-17-8-9-18(27-17)28(24,25)22-10-12-26-13-11-22/h3-9,15H,10-14H2,1-2H3,(H,20,23)/t15-/m1/s1. The first-order valence-electron chi connectivity index (χ1n) is 9.12. The van der Waals surface area contributed by atoms with Gasteiger partial charge in [0.2, 0.25) is 0 Å². The van der Waals surface area contributed by atoms with Gasteiger partial charge in [0, 0.05) is 25.0 Å². The minimum atomic E-state index is -3.50. The molecule has 1 aliphatic heterocycles. The van der Waals surface area contributed by atoms with Gasteiger partial charge in [-0.2, -0.15) is 4.31 Å². The zero-order valence-corrected chi connectivity index (χ0v) is 17.6. The van der Waals surface area contributed by atoms with Gasteiger partial charge in [0.25, 0.3) is 10.0 Å². The van der Waals surface area contributed by atoms with Crippen LogP contribution < -0.4 is 5.32 Å². The Morgan fingerprint density at radius 1 is 1.21 bits per heavy atom. The molecule has 1 fully saturated rings. The average molecular weight is 424 g/mol. The van der Waals surface area contributed by atoms with E-state index in [9.17, 15) is 13.2 Å². The summed E-state index contributed by atoms with van der Waals surface area (Å²) in [6.45, 7) is 3.82. The summed E-state index contributed by atoms with van der Waals surface area (Å²) >= 11 is 1.19. The maximum absolute atomic E-state index is 12.7. The van der Waals surface area contributed by atoms with Gasteiger partial charge in [0.1, 0.15) is 4.21 Å². The van der Waals surface area contributed by atoms with Gasteiger partial charge in [-0.15, -0.1) is 11.3 Å². The summed E-state index contributed by atoms with van der Waals surface area (Å²) in [5.41, 5.74) is 1.05. The van der Waals surface area contributed by atoms with Crippen molar-refractivity contribution >= 4 is 27.4 Å². The Morgan fingerprint density at radius 2 is 1.89 bits per heavy atom. The number of hydrogen-bond acceptors (Lipinski definition) is 5. The average Bonchev–Trinajstić information content (AvgIpc) is 3.22. The number of benzene rings is 1. The van der Waals surface area contributed by atoms with Crippen LogP contribution in [0, 0.1) is 0 Å². The number of hydrogen-bond donors (Lipinski definition) is 1. The number of amides is 2. The number of ether oxygens (including phenoxy) is 1. The molecule has 1 aliphatic rings. The van der Waals surface area contributed by atoms with E-state index < -0.39 is 10.0 Å². The number of morpholine rings is 1. The first kappa shape index (κ1) is 20.8. The van der Waals surface area contributed by atoms with E-state index in [0.29, 0.717) is 30.5 Å². The molecule has 2 heterocycles. The van der Waals surface area contributed by atoms with E-state index in [-0.39, 0.29) is 18.6 Å². The predicted molar refractivity (Wildman–Crippen MR) is 109 cm³/mol. The third-order valence-corrected chi connectivity index (χ3v) is 8.25. The fourth-order valence-corrected chi connectivity index (χ4v) is 5.78. The Labute approximate surface area is 170 Å². The Bertz CT molecular complexity index is 893. The molecule has 0 radical (unpaired) electrons. The number of rotatable bonds is 6. The van der Waals surface area contributed by atoms with Gasteiger partial charge in [-0.05, 0) is 24.6 Å². The number of nitrogens with one attached hydrogen (secondary N) is 1. The van der Waals surface area contributed by atoms with Gasteiger partial charge >= 0.3 is 6.03 Å². The van der Waals surface area contributed by atoms with E-state index >= 15 is 0 Å². The normalized spacial score (nSPS) is 16.5. The van der Waals surface area contributed by atoms with E-state index in [1.54, 1.807) is 24.1 Å². The molecular formula is C19H25N3O4S2. The fourth-order valence-electron chi connectivity index (χ4n) is 2.92. The van der Waals surface area contributed by atoms with Crippen LogP contribution in [0.25, 0.3) is 0 Å². The van der Waals surface area contributed by atoms with Crippen LogP contribution in [0.2, 0.25) is 0 Å². The van der Waals surface area contributed by atoms with E-state index in [1.807, 2.05) is 37.3 Å². The molecule has 2 aromatic rings. The highest BCUT2D eigenvalue weighted by atomic mass is 32.2. The topological polar surface area (TPSA) is 79.0 Å². The van der Waals surface area contributed by atoms with E-state index in [4.69, 9.17) is 4.74 Å². The van der Waals surface area contributed by atoms with Crippen molar-refractivity contribution in [1.29, 1.82) is 0 Å². The van der Waals surface area contributed by atoms with Crippen LogP contribution in [0.3, 0.4) is 0 Å². The van der Waals surface area contributed by atoms with Crippen molar-refractivity contribution in [2.24, 2.45) is 0 Å². The quantitative estimate of drug-likeness (QED) is 0.775. The molecule has 2 amide bonds. The number of nitrogens with zero attached hydrogens (tertiary/aromatic N) is 2. The van der Waals surface area contributed by atoms with Gasteiger partial charge in [-0.1, -0.05) is 30.3 Å². The molecule has 0 bridgehead atoms. The van der Waals surface area contributed by atoms with Gasteiger partial charge in [-0.25, -0.2) is 13.2 Å². The number of urea groups is 1. The Morgan fingerprint density at radius 3 is 2.57 bits per heavy atom. The molecule has 3 rings (SSSR count). The Kier molecular flexibility index (Phi) is 6.71. The first-order chi connectivity index (χ1) is 13.4. The Balaban J connectivity index is 1.58. The van der Waals surface area contributed by atoms with Crippen LogP contribution in [0.5, 0.6) is 0 Å². The largest absolute Gasteiger partial charge is 0.379 e. The lowest BCUT2D eigenvalue weighted by Crippen LogP contribution is -2.40. The molecule has 152 valence electrons. The second-order valence-electron chi connectivity index (χ2n) is 6.59. The zero-order valence-electron chi connectivity index (χ0n) is 16.0. The molecule has 9 heteroatoms. The maximum atomic E-state index is 12.7. The summed E-state index contributed by atoms with van der Waals surface area (Å²) in [4.78, 5) is 14.9. The molecule has 1 aromatic carbocycles. The van der Waals surface area contributed by atoms with Crippen LogP contribution in [0.4, 0.5) is 4.79 Å². The number of sulfonamides is 1. The molecular weight excluding hydrogens is 398 g/mol. The number of thiophene rings is 1. The minimum Gasteiger partial charge on any atom is -0.379 e. The van der Waals surface area contributed by atoms with Crippen LogP contribution in [-0.2, 0) is 21.3 Å². The van der Waals surface area contributed by atoms with Crippen LogP contribution in [-0.4, -0.2) is 57.0 Å². The number of carbonyl (C=O) groups excluding carboxylic acids is 1.